The van der Waals surface area contributed by atoms with Gasteiger partial charge in [-0.25, -0.2) is 4.39 Å². The van der Waals surface area contributed by atoms with Crippen LogP contribution in [0.5, 0.6) is 0 Å². The number of hydrogen-bond donors (Lipinski definition) is 1. The van der Waals surface area contributed by atoms with E-state index in [2.05, 4.69) is 6.92 Å². The monoisotopic (exact) mass is 403 g/mol. The fourth-order valence-corrected chi connectivity index (χ4v) is 4.20. The maximum Gasteiger partial charge on any atom is 0.313 e. The molecule has 0 spiro atoms. The molecular formula is C22H23ClFNO3. The molecule has 148 valence electrons. The first-order chi connectivity index (χ1) is 13.5. The van der Waals surface area contributed by atoms with Crippen molar-refractivity contribution >= 4 is 23.5 Å². The van der Waals surface area contributed by atoms with Crippen molar-refractivity contribution in [1.82, 2.24) is 4.90 Å². The second-order valence-electron chi connectivity index (χ2n) is 7.04. The summed E-state index contributed by atoms with van der Waals surface area (Å²) in [7, 11) is 0. The van der Waals surface area contributed by atoms with Gasteiger partial charge in [0.1, 0.15) is 11.7 Å². The molecule has 28 heavy (non-hydrogen) atoms. The molecule has 1 amide bonds. The lowest BCUT2D eigenvalue weighted by atomic mass is 9.79. The van der Waals surface area contributed by atoms with Gasteiger partial charge in [-0.1, -0.05) is 62.1 Å². The molecule has 1 aliphatic rings. The second-order valence-corrected chi connectivity index (χ2v) is 7.45. The Hall–Kier alpha value is -2.40. The van der Waals surface area contributed by atoms with Crippen LogP contribution in [0, 0.1) is 5.82 Å². The van der Waals surface area contributed by atoms with Gasteiger partial charge in [0.25, 0.3) is 5.91 Å². The maximum absolute atomic E-state index is 14.8. The van der Waals surface area contributed by atoms with Gasteiger partial charge in [0.2, 0.25) is 0 Å². The predicted molar refractivity (Wildman–Crippen MR) is 106 cm³/mol. The van der Waals surface area contributed by atoms with Crippen molar-refractivity contribution in [1.29, 1.82) is 0 Å². The van der Waals surface area contributed by atoms with Crippen molar-refractivity contribution in [3.05, 3.63) is 70.0 Å². The number of hydrogen-bond acceptors (Lipinski definition) is 2. The van der Waals surface area contributed by atoms with Gasteiger partial charge in [-0.05, 0) is 30.2 Å². The number of amides is 1. The van der Waals surface area contributed by atoms with Crippen molar-refractivity contribution < 1.29 is 19.1 Å². The number of nitrogens with zero attached hydrogens (tertiary/aromatic N) is 1. The second kappa shape index (κ2) is 8.74. The zero-order valence-corrected chi connectivity index (χ0v) is 16.5. The van der Waals surface area contributed by atoms with Crippen LogP contribution in [0.3, 0.4) is 0 Å². The molecule has 1 N–H and O–H groups in total. The van der Waals surface area contributed by atoms with Crippen molar-refractivity contribution in [2.24, 2.45) is 0 Å². The predicted octanol–water partition coefficient (Wildman–Crippen LogP) is 5.42. The minimum Gasteiger partial charge on any atom is -0.481 e. The third kappa shape index (κ3) is 3.76. The highest BCUT2D eigenvalue weighted by molar-refractivity contribution is 6.31. The van der Waals surface area contributed by atoms with Gasteiger partial charge in [-0.15, -0.1) is 0 Å². The Labute approximate surface area is 168 Å². The first-order valence-electron chi connectivity index (χ1n) is 9.54. The van der Waals surface area contributed by atoms with E-state index in [0.29, 0.717) is 17.7 Å². The van der Waals surface area contributed by atoms with Crippen LogP contribution in [0.1, 0.15) is 66.1 Å². The Morgan fingerprint density at radius 2 is 1.89 bits per heavy atom. The minimum atomic E-state index is -1.11. The molecule has 0 unspecified atom stereocenters. The van der Waals surface area contributed by atoms with E-state index in [1.807, 2.05) is 0 Å². The molecule has 2 aromatic carbocycles. The third-order valence-corrected chi connectivity index (χ3v) is 5.58. The lowest BCUT2D eigenvalue weighted by Gasteiger charge is -2.41. The van der Waals surface area contributed by atoms with Crippen LogP contribution in [0.2, 0.25) is 5.02 Å². The zero-order chi connectivity index (χ0) is 20.3. The van der Waals surface area contributed by atoms with Crippen LogP contribution in [-0.4, -0.2) is 28.4 Å². The summed E-state index contributed by atoms with van der Waals surface area (Å²) in [5.41, 5.74) is 0.818. The molecule has 0 bridgehead atoms. The van der Waals surface area contributed by atoms with E-state index in [0.717, 1.165) is 25.7 Å². The fraction of sp³-hybridized carbons (Fsp3) is 0.364. The van der Waals surface area contributed by atoms with Crippen LogP contribution in [-0.2, 0) is 4.79 Å². The van der Waals surface area contributed by atoms with Gasteiger partial charge >= 0.3 is 5.97 Å². The molecule has 0 aromatic heterocycles. The van der Waals surface area contributed by atoms with Crippen LogP contribution in [0.4, 0.5) is 4.39 Å². The smallest absolute Gasteiger partial charge is 0.313 e. The average molecular weight is 404 g/mol. The van der Waals surface area contributed by atoms with E-state index in [-0.39, 0.29) is 16.5 Å². The number of carboxylic acids is 1. The molecule has 0 aliphatic carbocycles. The Bertz CT molecular complexity index is 866. The van der Waals surface area contributed by atoms with Gasteiger partial charge in [0, 0.05) is 22.7 Å². The average Bonchev–Trinajstić information content (AvgIpc) is 2.66. The summed E-state index contributed by atoms with van der Waals surface area (Å²) in [6.45, 7) is 2.44. The topological polar surface area (TPSA) is 57.6 Å². The summed E-state index contributed by atoms with van der Waals surface area (Å²) in [4.78, 5) is 27.0. The van der Waals surface area contributed by atoms with Gasteiger partial charge in [-0.2, -0.15) is 0 Å². The maximum atomic E-state index is 14.8. The Kier molecular flexibility index (Phi) is 6.35. The Morgan fingerprint density at radius 3 is 2.57 bits per heavy atom. The minimum absolute atomic E-state index is 0.0647. The number of carbonyl (C=O) groups excluding carboxylic acids is 1. The first kappa shape index (κ1) is 20.3. The largest absolute Gasteiger partial charge is 0.481 e. The molecular weight excluding hydrogens is 381 g/mol. The van der Waals surface area contributed by atoms with Gasteiger partial charge in [-0.3, -0.25) is 9.59 Å². The van der Waals surface area contributed by atoms with Crippen molar-refractivity contribution in [3.8, 4) is 0 Å². The van der Waals surface area contributed by atoms with Gasteiger partial charge in [0.15, 0.2) is 0 Å². The highest BCUT2D eigenvalue weighted by atomic mass is 35.5. The quantitative estimate of drug-likeness (QED) is 0.627. The van der Waals surface area contributed by atoms with Crippen molar-refractivity contribution in [2.45, 2.75) is 44.6 Å². The van der Waals surface area contributed by atoms with E-state index in [9.17, 15) is 19.1 Å². The summed E-state index contributed by atoms with van der Waals surface area (Å²) in [6, 6.07) is 9.92. The summed E-state index contributed by atoms with van der Waals surface area (Å²) in [5.74, 6) is -3.08. The lowest BCUT2D eigenvalue weighted by Crippen LogP contribution is -2.45. The number of rotatable bonds is 7. The summed E-state index contributed by atoms with van der Waals surface area (Å²) < 4.78 is 14.8. The molecule has 2 atom stereocenters. The molecule has 1 heterocycles. The highest BCUT2D eigenvalue weighted by Crippen LogP contribution is 2.45. The highest BCUT2D eigenvalue weighted by Gasteiger charge is 2.45. The van der Waals surface area contributed by atoms with Crippen LogP contribution in [0.15, 0.2) is 42.5 Å². The first-order valence-corrected chi connectivity index (χ1v) is 9.91. The van der Waals surface area contributed by atoms with E-state index in [1.165, 1.54) is 23.1 Å². The van der Waals surface area contributed by atoms with E-state index >= 15 is 0 Å². The van der Waals surface area contributed by atoms with E-state index < -0.39 is 23.7 Å². The number of aliphatic carboxylic acids is 1. The number of carbonyl (C=O) groups is 2. The number of fused-ring (bicyclic) bond motifs is 1. The van der Waals surface area contributed by atoms with Gasteiger partial charge < -0.3 is 10.0 Å². The van der Waals surface area contributed by atoms with Crippen molar-refractivity contribution in [3.63, 3.8) is 0 Å². The number of unbranched alkanes of at least 4 members (excludes halogenated alkanes) is 3. The number of halogens is 2. The molecule has 0 saturated heterocycles. The van der Waals surface area contributed by atoms with Gasteiger partial charge in [0.05, 0.1) is 6.04 Å². The standard InChI is InChI=1S/C22H23ClFNO3/c1-2-3-4-7-13-25-20(19-16(23)11-8-12-17(19)24)18(22(27)28)14-9-5-6-10-15(14)21(25)26/h5-6,8-12,18,20H,2-4,7,13H2,1H3,(H,27,28)/t18-,20-/m0/s1. The summed E-state index contributed by atoms with van der Waals surface area (Å²) in [6.07, 6.45) is 3.69. The normalized spacial score (nSPS) is 18.8. The molecule has 4 nitrogen and oxygen atoms in total. The number of benzene rings is 2. The van der Waals surface area contributed by atoms with E-state index in [4.69, 9.17) is 11.6 Å². The molecule has 3 rings (SSSR count). The summed E-state index contributed by atoms with van der Waals surface area (Å²) in [5, 5.41) is 10.1. The molecule has 2 aromatic rings. The van der Waals surface area contributed by atoms with Crippen LogP contribution in [0.25, 0.3) is 0 Å². The molecule has 0 saturated carbocycles. The SMILES string of the molecule is CCCCCCN1C(=O)c2ccccc2[C@H](C(=O)O)[C@H]1c1c(F)cccc1Cl. The summed E-state index contributed by atoms with van der Waals surface area (Å²) >= 11 is 6.29. The van der Waals surface area contributed by atoms with E-state index in [1.54, 1.807) is 24.3 Å². The van der Waals surface area contributed by atoms with Crippen molar-refractivity contribution in [2.75, 3.05) is 6.54 Å². The number of carboxylic acid groups (broad SMARTS) is 1. The Balaban J connectivity index is 2.14. The molecule has 0 radical (unpaired) electrons. The zero-order valence-electron chi connectivity index (χ0n) is 15.7. The Morgan fingerprint density at radius 1 is 1.14 bits per heavy atom. The molecule has 0 fully saturated rings. The van der Waals surface area contributed by atoms with Crippen LogP contribution < -0.4 is 0 Å². The molecule has 1 aliphatic heterocycles. The molecule has 6 heteroatoms. The third-order valence-electron chi connectivity index (χ3n) is 5.25. The fourth-order valence-electron chi connectivity index (χ4n) is 3.93. The lowest BCUT2D eigenvalue weighted by molar-refractivity contribution is -0.140. The van der Waals surface area contributed by atoms with Crippen LogP contribution >= 0.6 is 11.6 Å².